The van der Waals surface area contributed by atoms with Crippen LogP contribution in [0.2, 0.25) is 0 Å². The number of hydrogen-bond acceptors (Lipinski definition) is 6. The zero-order valence-corrected chi connectivity index (χ0v) is 17.1. The molecule has 2 fully saturated rings. The minimum atomic E-state index is -0.815. The number of nitrogens with zero attached hydrogens (tertiary/aromatic N) is 3. The van der Waals surface area contributed by atoms with E-state index in [2.05, 4.69) is 16.3 Å². The Labute approximate surface area is 175 Å². The summed E-state index contributed by atoms with van der Waals surface area (Å²) >= 11 is 0. The van der Waals surface area contributed by atoms with Crippen molar-refractivity contribution in [1.82, 2.24) is 4.90 Å². The molecule has 0 aromatic heterocycles. The van der Waals surface area contributed by atoms with Gasteiger partial charge in [-0.2, -0.15) is 5.26 Å². The minimum absolute atomic E-state index is 0.0587. The van der Waals surface area contributed by atoms with Crippen molar-refractivity contribution < 1.29 is 19.1 Å². The number of amides is 2. The third-order valence-electron chi connectivity index (χ3n) is 6.59. The van der Waals surface area contributed by atoms with Crippen LogP contribution in [0.3, 0.4) is 0 Å². The molecule has 2 aliphatic heterocycles. The summed E-state index contributed by atoms with van der Waals surface area (Å²) in [5.74, 6) is -1.08. The predicted molar refractivity (Wildman–Crippen MR) is 110 cm³/mol. The number of rotatable bonds is 4. The summed E-state index contributed by atoms with van der Waals surface area (Å²) in [7, 11) is 1.60. The number of esters is 1. The summed E-state index contributed by atoms with van der Waals surface area (Å²) in [6.07, 6.45) is 5.94. The van der Waals surface area contributed by atoms with Gasteiger partial charge < -0.3 is 19.9 Å². The molecule has 30 heavy (non-hydrogen) atoms. The summed E-state index contributed by atoms with van der Waals surface area (Å²) in [4.78, 5) is 40.9. The maximum absolute atomic E-state index is 12.6. The number of ether oxygens (including phenoxy) is 1. The first kappa shape index (κ1) is 20.2. The maximum atomic E-state index is 12.6. The van der Waals surface area contributed by atoms with Crippen molar-refractivity contribution in [3.8, 4) is 6.07 Å². The van der Waals surface area contributed by atoms with E-state index in [4.69, 9.17) is 4.74 Å². The highest BCUT2D eigenvalue weighted by Crippen LogP contribution is 2.37. The lowest BCUT2D eigenvalue weighted by Crippen LogP contribution is -2.51. The highest BCUT2D eigenvalue weighted by atomic mass is 16.5. The second-order valence-corrected chi connectivity index (χ2v) is 8.31. The Bertz CT molecular complexity index is 916. The molecule has 1 aromatic rings. The first-order valence-corrected chi connectivity index (χ1v) is 10.5. The molecule has 2 amide bonds. The molecule has 1 N–H and O–H groups in total. The lowest BCUT2D eigenvalue weighted by Gasteiger charge is -2.38. The van der Waals surface area contributed by atoms with Crippen molar-refractivity contribution >= 4 is 29.2 Å². The molecular weight excluding hydrogens is 384 g/mol. The summed E-state index contributed by atoms with van der Waals surface area (Å²) in [6.45, 7) is 0.396. The number of nitriles is 1. The predicted octanol–water partition coefficient (Wildman–Crippen LogP) is 2.45. The van der Waals surface area contributed by atoms with Crippen LogP contribution in [-0.2, 0) is 14.3 Å². The van der Waals surface area contributed by atoms with E-state index in [0.29, 0.717) is 18.5 Å². The van der Waals surface area contributed by atoms with Gasteiger partial charge in [-0.3, -0.25) is 9.59 Å². The summed E-state index contributed by atoms with van der Waals surface area (Å²) in [5, 5.41) is 12.5. The molecule has 1 saturated carbocycles. The normalized spacial score (nSPS) is 21.7. The number of likely N-dealkylation sites (N-methyl/N-ethyl adjacent to an activating group) is 1. The molecule has 1 aliphatic carbocycles. The first-order chi connectivity index (χ1) is 14.4. The summed E-state index contributed by atoms with van der Waals surface area (Å²) < 4.78 is 5.23. The van der Waals surface area contributed by atoms with Gasteiger partial charge in [0, 0.05) is 13.6 Å². The van der Waals surface area contributed by atoms with E-state index < -0.39 is 24.0 Å². The number of benzene rings is 1. The van der Waals surface area contributed by atoms with E-state index in [1.807, 2.05) is 6.07 Å². The largest absolute Gasteiger partial charge is 0.452 e. The van der Waals surface area contributed by atoms with Crippen molar-refractivity contribution in [1.29, 1.82) is 5.26 Å². The number of nitrogens with one attached hydrogen (secondary N) is 1. The molecule has 8 heteroatoms. The Hall–Kier alpha value is -3.08. The monoisotopic (exact) mass is 410 g/mol. The first-order valence-electron chi connectivity index (χ1n) is 10.5. The Morgan fingerprint density at radius 1 is 1.30 bits per heavy atom. The lowest BCUT2D eigenvalue weighted by molar-refractivity contribution is -0.138. The van der Waals surface area contributed by atoms with Crippen molar-refractivity contribution in [3.05, 3.63) is 23.8 Å². The molecule has 3 aliphatic rings. The number of carbonyl (C=O) groups excluding carboxylic acids is 3. The Morgan fingerprint density at radius 3 is 2.80 bits per heavy atom. The molecule has 0 radical (unpaired) electrons. The molecule has 4 rings (SSSR count). The van der Waals surface area contributed by atoms with Crippen LogP contribution in [0.25, 0.3) is 0 Å². The fourth-order valence-electron chi connectivity index (χ4n) is 4.76. The molecule has 2 heterocycles. The minimum Gasteiger partial charge on any atom is -0.452 e. The van der Waals surface area contributed by atoms with Gasteiger partial charge in [-0.25, -0.2) is 4.79 Å². The van der Waals surface area contributed by atoms with Gasteiger partial charge in [0.1, 0.15) is 11.6 Å². The number of hydrogen-bond donors (Lipinski definition) is 1. The summed E-state index contributed by atoms with van der Waals surface area (Å²) in [5.41, 5.74) is 0.943. The standard InChI is InChI=1S/C22H26N4O4/c1-25(22(14-23)9-3-2-4-10-22)19(27)13-30-21(29)15-7-8-17-16(12-15)24-20(28)18-6-5-11-26(17)18/h7-8,12,18H,2-6,9-11,13H2,1H3,(H,24,28)/t18-/m0/s1. The van der Waals surface area contributed by atoms with Crippen molar-refractivity contribution in [2.45, 2.75) is 56.5 Å². The quantitative estimate of drug-likeness (QED) is 0.765. The van der Waals surface area contributed by atoms with Crippen LogP contribution in [0, 0.1) is 11.3 Å². The van der Waals surface area contributed by atoms with Gasteiger partial charge >= 0.3 is 5.97 Å². The average molecular weight is 410 g/mol. The van der Waals surface area contributed by atoms with E-state index in [9.17, 15) is 19.6 Å². The van der Waals surface area contributed by atoms with Gasteiger partial charge in [-0.15, -0.1) is 0 Å². The highest BCUT2D eigenvalue weighted by Gasteiger charge is 2.39. The summed E-state index contributed by atoms with van der Waals surface area (Å²) in [6, 6.07) is 7.21. The SMILES string of the molecule is CN(C(=O)COC(=O)c1ccc2c(c1)NC(=O)[C@@H]1CCCN21)C1(C#N)CCCCC1. The van der Waals surface area contributed by atoms with Gasteiger partial charge in [0.05, 0.1) is 23.0 Å². The number of fused-ring (bicyclic) bond motifs is 3. The van der Waals surface area contributed by atoms with Crippen molar-refractivity contribution in [2.24, 2.45) is 0 Å². The fraction of sp³-hybridized carbons (Fsp3) is 0.545. The maximum Gasteiger partial charge on any atom is 0.338 e. The smallest absolute Gasteiger partial charge is 0.338 e. The molecule has 8 nitrogen and oxygen atoms in total. The van der Waals surface area contributed by atoms with Crippen LogP contribution < -0.4 is 10.2 Å². The zero-order chi connectivity index (χ0) is 21.3. The van der Waals surface area contributed by atoms with Gasteiger partial charge in [0.2, 0.25) is 5.91 Å². The molecule has 1 aromatic carbocycles. The van der Waals surface area contributed by atoms with E-state index in [1.165, 1.54) is 4.90 Å². The topological polar surface area (TPSA) is 103 Å². The average Bonchev–Trinajstić information content (AvgIpc) is 3.27. The highest BCUT2D eigenvalue weighted by molar-refractivity contribution is 6.05. The molecule has 0 unspecified atom stereocenters. The van der Waals surface area contributed by atoms with Crippen LogP contribution in [0.1, 0.15) is 55.3 Å². The van der Waals surface area contributed by atoms with Crippen LogP contribution >= 0.6 is 0 Å². The van der Waals surface area contributed by atoms with Gasteiger partial charge in [0.15, 0.2) is 6.61 Å². The number of anilines is 2. The van der Waals surface area contributed by atoms with Crippen LogP contribution in [-0.4, -0.2) is 54.5 Å². The van der Waals surface area contributed by atoms with E-state index >= 15 is 0 Å². The Kier molecular flexibility index (Phi) is 5.37. The molecule has 0 bridgehead atoms. The Balaban J connectivity index is 1.41. The van der Waals surface area contributed by atoms with E-state index in [1.54, 1.807) is 19.2 Å². The second-order valence-electron chi connectivity index (χ2n) is 8.31. The third kappa shape index (κ3) is 3.49. The second kappa shape index (κ2) is 7.98. The third-order valence-corrected chi connectivity index (χ3v) is 6.59. The number of carbonyl (C=O) groups is 3. The molecule has 0 spiro atoms. The van der Waals surface area contributed by atoms with E-state index in [0.717, 1.165) is 44.3 Å². The lowest BCUT2D eigenvalue weighted by atomic mass is 9.81. The molecular formula is C22H26N4O4. The van der Waals surface area contributed by atoms with Crippen molar-refractivity contribution in [3.63, 3.8) is 0 Å². The van der Waals surface area contributed by atoms with Crippen molar-refractivity contribution in [2.75, 3.05) is 30.4 Å². The van der Waals surface area contributed by atoms with Crippen LogP contribution in [0.4, 0.5) is 11.4 Å². The van der Waals surface area contributed by atoms with Gasteiger partial charge in [-0.1, -0.05) is 19.3 Å². The molecule has 158 valence electrons. The van der Waals surface area contributed by atoms with Gasteiger partial charge in [0.25, 0.3) is 5.91 Å². The van der Waals surface area contributed by atoms with Crippen LogP contribution in [0.15, 0.2) is 18.2 Å². The van der Waals surface area contributed by atoms with E-state index in [-0.39, 0.29) is 17.5 Å². The Morgan fingerprint density at radius 2 is 2.07 bits per heavy atom. The van der Waals surface area contributed by atoms with Crippen LogP contribution in [0.5, 0.6) is 0 Å². The zero-order valence-electron chi connectivity index (χ0n) is 17.1. The molecule has 1 saturated heterocycles. The fourth-order valence-corrected chi connectivity index (χ4v) is 4.76. The molecule has 1 atom stereocenters. The van der Waals surface area contributed by atoms with Gasteiger partial charge in [-0.05, 0) is 43.9 Å².